The summed E-state index contributed by atoms with van der Waals surface area (Å²) in [6.45, 7) is 15.2. The maximum atomic E-state index is 12.2. The number of nitrogens with zero attached hydrogens (tertiary/aromatic N) is 1. The third kappa shape index (κ3) is 4.00. The molecule has 0 amide bonds. The third-order valence-electron chi connectivity index (χ3n) is 16.2. The molecule has 9 rings (SSSR count). The van der Waals surface area contributed by atoms with Gasteiger partial charge in [0.1, 0.15) is 6.61 Å². The predicted molar refractivity (Wildman–Crippen MR) is 165 cm³/mol. The number of hydrogen-bond donors (Lipinski definition) is 0. The highest BCUT2D eigenvalue weighted by Crippen LogP contribution is 2.89. The van der Waals surface area contributed by atoms with E-state index in [1.807, 2.05) is 0 Å². The summed E-state index contributed by atoms with van der Waals surface area (Å²) in [5.41, 5.74) is 1.86. The van der Waals surface area contributed by atoms with E-state index >= 15 is 0 Å². The molecule has 0 aromatic heterocycles. The summed E-state index contributed by atoms with van der Waals surface area (Å²) < 4.78 is 31.2. The third-order valence-corrected chi connectivity index (χ3v) is 16.2. The Bertz CT molecular complexity index is 1170. The molecule has 0 aromatic carbocycles. The number of rotatable bonds is 6. The lowest BCUT2D eigenvalue weighted by atomic mass is 9.42. The van der Waals surface area contributed by atoms with Crippen molar-refractivity contribution in [3.8, 4) is 0 Å². The zero-order chi connectivity index (χ0) is 30.1. The minimum Gasteiger partial charge on any atom is -0.463 e. The molecule has 2 spiro atoms. The molecular weight excluding hydrogens is 554 g/mol. The van der Waals surface area contributed by atoms with Crippen molar-refractivity contribution in [1.82, 2.24) is 4.90 Å². The van der Waals surface area contributed by atoms with Gasteiger partial charge in [-0.25, -0.2) is 0 Å². The molecule has 6 saturated carbocycles. The number of esters is 1. The molecule has 7 nitrogen and oxygen atoms in total. The Morgan fingerprint density at radius 2 is 1.68 bits per heavy atom. The summed E-state index contributed by atoms with van der Waals surface area (Å²) in [5.74, 6) is 2.37. The molecule has 0 N–H and O–H groups in total. The second kappa shape index (κ2) is 9.90. The van der Waals surface area contributed by atoms with Crippen molar-refractivity contribution in [3.05, 3.63) is 0 Å². The van der Waals surface area contributed by atoms with Gasteiger partial charge in [0.2, 0.25) is 0 Å². The van der Waals surface area contributed by atoms with Crippen LogP contribution < -0.4 is 0 Å². The van der Waals surface area contributed by atoms with Crippen LogP contribution in [0.3, 0.4) is 0 Å². The van der Waals surface area contributed by atoms with E-state index in [0.717, 1.165) is 64.0 Å². The Balaban J connectivity index is 0.896. The van der Waals surface area contributed by atoms with Gasteiger partial charge in [-0.05, 0) is 122 Å². The Morgan fingerprint density at radius 1 is 0.886 bits per heavy atom. The summed E-state index contributed by atoms with van der Waals surface area (Å²) in [6.07, 6.45) is 15.5. The van der Waals surface area contributed by atoms with Crippen LogP contribution in [0.1, 0.15) is 105 Å². The first-order chi connectivity index (χ1) is 21.1. The van der Waals surface area contributed by atoms with E-state index in [-0.39, 0.29) is 35.8 Å². The molecule has 3 heterocycles. The van der Waals surface area contributed by atoms with E-state index in [4.69, 9.17) is 23.7 Å². The summed E-state index contributed by atoms with van der Waals surface area (Å²) in [5, 5.41) is 0. The minimum absolute atomic E-state index is 0.00697. The first kappa shape index (κ1) is 29.4. The lowest BCUT2D eigenvalue weighted by Gasteiger charge is -2.63. The maximum absolute atomic E-state index is 12.2. The van der Waals surface area contributed by atoms with Crippen LogP contribution in [0.4, 0.5) is 0 Å². The summed E-state index contributed by atoms with van der Waals surface area (Å²) in [7, 11) is 0. The zero-order valence-corrected chi connectivity index (χ0v) is 27.8. The SMILES string of the molecule is CC1(C)C(OC2CN(C3COC3)CCO2)CCC23CC24CCC2(C)C5CCC(COC(=O)C6CC6)OC5C[C@@]2(C)C4CCC13. The largest absolute Gasteiger partial charge is 0.463 e. The van der Waals surface area contributed by atoms with E-state index in [1.165, 1.54) is 57.8 Å². The van der Waals surface area contributed by atoms with Crippen LogP contribution in [0.2, 0.25) is 0 Å². The van der Waals surface area contributed by atoms with Crippen molar-refractivity contribution in [1.29, 1.82) is 0 Å². The van der Waals surface area contributed by atoms with E-state index in [2.05, 4.69) is 32.6 Å². The molecule has 0 aromatic rings. The molecule has 0 bridgehead atoms. The minimum atomic E-state index is -0.107. The van der Waals surface area contributed by atoms with Crippen molar-refractivity contribution in [2.45, 2.75) is 135 Å². The standard InChI is InChI=1S/C37H57NO6/c1-33(2)28-9-10-29-35(4)17-27-26(8-7-25(43-27)21-42-32(39)23-5-6-23)34(35,3)13-14-37(29)22-36(28,37)12-11-30(33)44-31-18-38(15-16-41-31)24-19-40-20-24/h23-31H,5-22H2,1-4H3/t25?,26?,27?,28?,29?,30?,31?,34?,35-,36?,37?/m0/s1. The van der Waals surface area contributed by atoms with Crippen LogP contribution in [0, 0.1) is 50.7 Å². The molecular formula is C37H57NO6. The lowest BCUT2D eigenvalue weighted by Crippen LogP contribution is -2.59. The van der Waals surface area contributed by atoms with Crippen LogP contribution in [0.15, 0.2) is 0 Å². The number of morpholine rings is 1. The Kier molecular flexibility index (Phi) is 6.62. The quantitative estimate of drug-likeness (QED) is 0.343. The zero-order valence-electron chi connectivity index (χ0n) is 27.8. The van der Waals surface area contributed by atoms with E-state index in [1.54, 1.807) is 0 Å². The van der Waals surface area contributed by atoms with Crippen molar-refractivity contribution in [3.63, 3.8) is 0 Å². The van der Waals surface area contributed by atoms with Gasteiger partial charge in [-0.2, -0.15) is 0 Å². The Labute approximate surface area is 264 Å². The summed E-state index contributed by atoms with van der Waals surface area (Å²) in [6, 6.07) is 0.549. The fraction of sp³-hybridized carbons (Fsp3) is 0.973. The Morgan fingerprint density at radius 3 is 2.45 bits per heavy atom. The highest BCUT2D eigenvalue weighted by molar-refractivity contribution is 5.74. The molecule has 7 heteroatoms. The van der Waals surface area contributed by atoms with Crippen molar-refractivity contribution in [2.75, 3.05) is 39.5 Å². The average Bonchev–Trinajstić information content (AvgIpc) is 3.88. The van der Waals surface area contributed by atoms with Gasteiger partial charge in [-0.3, -0.25) is 9.69 Å². The summed E-state index contributed by atoms with van der Waals surface area (Å²) in [4.78, 5) is 14.7. The lowest BCUT2D eigenvalue weighted by molar-refractivity contribution is -0.255. The summed E-state index contributed by atoms with van der Waals surface area (Å²) >= 11 is 0. The number of ether oxygens (including phenoxy) is 5. The molecule has 3 saturated heterocycles. The molecule has 9 fully saturated rings. The van der Waals surface area contributed by atoms with Gasteiger partial charge in [-0.1, -0.05) is 27.7 Å². The van der Waals surface area contributed by atoms with Gasteiger partial charge >= 0.3 is 5.97 Å². The topological polar surface area (TPSA) is 66.5 Å². The average molecular weight is 612 g/mol. The van der Waals surface area contributed by atoms with E-state index in [0.29, 0.717) is 46.3 Å². The van der Waals surface area contributed by atoms with Crippen molar-refractivity contribution in [2.24, 2.45) is 50.7 Å². The normalized spacial score (nSPS) is 52.9. The van der Waals surface area contributed by atoms with Gasteiger partial charge in [0.05, 0.1) is 56.6 Å². The fourth-order valence-corrected chi connectivity index (χ4v) is 13.5. The molecule has 6 aliphatic carbocycles. The monoisotopic (exact) mass is 611 g/mol. The second-order valence-electron chi connectivity index (χ2n) is 18.1. The van der Waals surface area contributed by atoms with Gasteiger partial charge in [0.25, 0.3) is 0 Å². The molecule has 10 unspecified atom stereocenters. The molecule has 0 radical (unpaired) electrons. The molecule has 246 valence electrons. The molecule has 9 aliphatic rings. The Hall–Kier alpha value is -0.730. The highest BCUT2D eigenvalue weighted by Gasteiger charge is 2.83. The van der Waals surface area contributed by atoms with Crippen LogP contribution in [0.5, 0.6) is 0 Å². The van der Waals surface area contributed by atoms with Crippen LogP contribution in [-0.2, 0) is 28.5 Å². The number of fused-ring (bicyclic) bond motifs is 4. The number of hydrogen-bond acceptors (Lipinski definition) is 7. The first-order valence-corrected chi connectivity index (χ1v) is 18.5. The molecule has 11 atom stereocenters. The van der Waals surface area contributed by atoms with Gasteiger partial charge < -0.3 is 23.7 Å². The highest BCUT2D eigenvalue weighted by atomic mass is 16.7. The van der Waals surface area contributed by atoms with Gasteiger partial charge in [0.15, 0.2) is 6.29 Å². The maximum Gasteiger partial charge on any atom is 0.309 e. The van der Waals surface area contributed by atoms with E-state index in [9.17, 15) is 4.79 Å². The van der Waals surface area contributed by atoms with Gasteiger partial charge in [0, 0.05) is 6.54 Å². The van der Waals surface area contributed by atoms with Crippen molar-refractivity contribution < 1.29 is 28.5 Å². The van der Waals surface area contributed by atoms with Crippen LogP contribution in [-0.4, -0.2) is 81.0 Å². The van der Waals surface area contributed by atoms with E-state index < -0.39 is 0 Å². The van der Waals surface area contributed by atoms with Crippen LogP contribution >= 0.6 is 0 Å². The number of carbonyl (C=O) groups excluding carboxylic acids is 1. The molecule has 3 aliphatic heterocycles. The van der Waals surface area contributed by atoms with Crippen molar-refractivity contribution >= 4 is 5.97 Å². The molecule has 44 heavy (non-hydrogen) atoms. The smallest absolute Gasteiger partial charge is 0.309 e. The van der Waals surface area contributed by atoms with Crippen LogP contribution in [0.25, 0.3) is 0 Å². The predicted octanol–water partition coefficient (Wildman–Crippen LogP) is 5.98. The first-order valence-electron chi connectivity index (χ1n) is 18.5. The number of carbonyl (C=O) groups is 1. The van der Waals surface area contributed by atoms with Gasteiger partial charge in [-0.15, -0.1) is 0 Å². The fourth-order valence-electron chi connectivity index (χ4n) is 13.5. The second-order valence-corrected chi connectivity index (χ2v) is 18.1.